The molecule has 0 saturated heterocycles. The summed E-state index contributed by atoms with van der Waals surface area (Å²) >= 11 is 1.08. The normalized spacial score (nSPS) is 14.7. The van der Waals surface area contributed by atoms with Gasteiger partial charge in [-0.25, -0.2) is 0 Å². The molecule has 0 bridgehead atoms. The van der Waals surface area contributed by atoms with E-state index in [1.165, 1.54) is 20.3 Å². The smallest absolute Gasteiger partial charge is 0.323 e. The number of sulfonamides is 1. The summed E-state index contributed by atoms with van der Waals surface area (Å²) in [7, 11) is 0.838. The lowest BCUT2D eigenvalue weighted by molar-refractivity contribution is 0.332. The van der Waals surface area contributed by atoms with Gasteiger partial charge in [0.05, 0.1) is 14.2 Å². The maximum Gasteiger partial charge on any atom is 0.323 e. The molecule has 126 valence electrons. The topological polar surface area (TPSA) is 107 Å². The number of rotatable bonds is 4. The van der Waals surface area contributed by atoms with E-state index in [2.05, 4.69) is 19.3 Å². The Hall–Kier alpha value is -2.40. The van der Waals surface area contributed by atoms with Crippen molar-refractivity contribution >= 4 is 27.8 Å². The Morgan fingerprint density at radius 1 is 1.04 bits per heavy atom. The SMILES string of the molecule is COc1nc(OC)nc(SN(C)C2=NS(=O)(=O)c3ccccc32)n1. The lowest BCUT2D eigenvalue weighted by Gasteiger charge is -2.16. The number of aromatic nitrogens is 3. The molecule has 0 fully saturated rings. The highest BCUT2D eigenvalue weighted by Gasteiger charge is 2.31. The summed E-state index contributed by atoms with van der Waals surface area (Å²) in [5, 5.41) is 0.283. The Morgan fingerprint density at radius 2 is 1.67 bits per heavy atom. The quantitative estimate of drug-likeness (QED) is 0.731. The van der Waals surface area contributed by atoms with E-state index in [1.807, 2.05) is 0 Å². The lowest BCUT2D eigenvalue weighted by Crippen LogP contribution is -2.20. The Morgan fingerprint density at radius 3 is 2.29 bits per heavy atom. The molecule has 1 aliphatic heterocycles. The van der Waals surface area contributed by atoms with Gasteiger partial charge in [-0.3, -0.25) is 4.31 Å². The molecule has 0 aliphatic carbocycles. The van der Waals surface area contributed by atoms with Crippen LogP contribution in [0.1, 0.15) is 5.56 Å². The molecule has 0 saturated carbocycles. The van der Waals surface area contributed by atoms with Gasteiger partial charge in [0, 0.05) is 24.6 Å². The van der Waals surface area contributed by atoms with Crippen molar-refractivity contribution in [3.63, 3.8) is 0 Å². The van der Waals surface area contributed by atoms with Crippen molar-refractivity contribution in [1.82, 2.24) is 19.3 Å². The number of methoxy groups -OCH3 is 2. The fourth-order valence-corrected chi connectivity index (χ4v) is 4.02. The van der Waals surface area contributed by atoms with Gasteiger partial charge in [-0.05, 0) is 12.1 Å². The van der Waals surface area contributed by atoms with E-state index in [1.54, 1.807) is 29.6 Å². The van der Waals surface area contributed by atoms with Crippen molar-refractivity contribution in [2.24, 2.45) is 4.40 Å². The van der Waals surface area contributed by atoms with Crippen LogP contribution in [-0.2, 0) is 10.0 Å². The standard InChI is InChI=1S/C13H13N5O4S2/c1-18(23-13-15-11(21-2)14-12(16-13)22-3)10-8-6-4-5-7-9(8)24(19,20)17-10/h4-7H,1-3H3. The molecule has 0 radical (unpaired) electrons. The van der Waals surface area contributed by atoms with Crippen molar-refractivity contribution < 1.29 is 17.9 Å². The van der Waals surface area contributed by atoms with E-state index in [-0.39, 0.29) is 22.1 Å². The summed E-state index contributed by atoms with van der Waals surface area (Å²) in [5.41, 5.74) is 0.528. The molecule has 2 heterocycles. The molecule has 1 aromatic carbocycles. The summed E-state index contributed by atoms with van der Waals surface area (Å²) in [4.78, 5) is 12.3. The summed E-state index contributed by atoms with van der Waals surface area (Å²) in [6, 6.07) is 6.82. The number of hydrogen-bond donors (Lipinski definition) is 0. The summed E-state index contributed by atoms with van der Waals surface area (Å²) in [5.74, 6) is 0.300. The Balaban J connectivity index is 1.93. The molecule has 1 aliphatic rings. The zero-order valence-corrected chi connectivity index (χ0v) is 14.6. The molecule has 9 nitrogen and oxygen atoms in total. The highest BCUT2D eigenvalue weighted by molar-refractivity contribution is 7.97. The van der Waals surface area contributed by atoms with Crippen LogP contribution in [0.15, 0.2) is 38.7 Å². The van der Waals surface area contributed by atoms with E-state index < -0.39 is 10.0 Å². The molecule has 11 heteroatoms. The highest BCUT2D eigenvalue weighted by Crippen LogP contribution is 2.31. The predicted molar refractivity (Wildman–Crippen MR) is 86.7 cm³/mol. The second-order valence-corrected chi connectivity index (χ2v) is 7.23. The third-order valence-corrected chi connectivity index (χ3v) is 5.19. The van der Waals surface area contributed by atoms with Crippen LogP contribution < -0.4 is 9.47 Å². The molecule has 0 atom stereocenters. The minimum Gasteiger partial charge on any atom is -0.467 e. The predicted octanol–water partition coefficient (Wildman–Crippen LogP) is 0.977. The van der Waals surface area contributed by atoms with Gasteiger partial charge in [0.15, 0.2) is 5.84 Å². The van der Waals surface area contributed by atoms with Crippen LogP contribution in [0, 0.1) is 0 Å². The fourth-order valence-electron chi connectivity index (χ4n) is 2.03. The zero-order chi connectivity index (χ0) is 17.3. The summed E-state index contributed by atoms with van der Waals surface area (Å²) in [6.45, 7) is 0. The molecule has 0 N–H and O–H groups in total. The van der Waals surface area contributed by atoms with Crippen molar-refractivity contribution in [3.8, 4) is 12.0 Å². The molecule has 3 rings (SSSR count). The molecular weight excluding hydrogens is 354 g/mol. The van der Waals surface area contributed by atoms with Crippen molar-refractivity contribution in [1.29, 1.82) is 0 Å². The van der Waals surface area contributed by atoms with Crippen LogP contribution in [0.2, 0.25) is 0 Å². The third-order valence-electron chi connectivity index (χ3n) is 3.07. The summed E-state index contributed by atoms with van der Waals surface area (Å²) < 4.78 is 39.6. The van der Waals surface area contributed by atoms with Gasteiger partial charge in [0.25, 0.3) is 10.0 Å². The second-order valence-electron chi connectivity index (χ2n) is 4.57. The minimum absolute atomic E-state index is 0.0964. The highest BCUT2D eigenvalue weighted by atomic mass is 32.2. The van der Waals surface area contributed by atoms with E-state index in [0.29, 0.717) is 11.4 Å². The zero-order valence-electron chi connectivity index (χ0n) is 13.0. The van der Waals surface area contributed by atoms with Crippen molar-refractivity contribution in [3.05, 3.63) is 29.8 Å². The molecule has 0 spiro atoms. The van der Waals surface area contributed by atoms with Crippen LogP contribution in [0.5, 0.6) is 12.0 Å². The first-order valence-electron chi connectivity index (χ1n) is 6.64. The maximum atomic E-state index is 12.1. The Kier molecular flexibility index (Phi) is 4.28. The van der Waals surface area contributed by atoms with E-state index in [0.717, 1.165) is 11.9 Å². The van der Waals surface area contributed by atoms with Gasteiger partial charge in [0.2, 0.25) is 5.16 Å². The number of benzene rings is 1. The van der Waals surface area contributed by atoms with Gasteiger partial charge in [-0.1, -0.05) is 12.1 Å². The Bertz CT molecular complexity index is 894. The second kappa shape index (κ2) is 6.24. The third kappa shape index (κ3) is 2.99. The maximum absolute atomic E-state index is 12.1. The van der Waals surface area contributed by atoms with E-state index in [4.69, 9.17) is 9.47 Å². The van der Waals surface area contributed by atoms with Crippen LogP contribution in [0.4, 0.5) is 0 Å². The minimum atomic E-state index is -3.69. The Labute approximate surface area is 143 Å². The monoisotopic (exact) mass is 367 g/mol. The number of hydrogen-bond acceptors (Lipinski definition) is 9. The van der Waals surface area contributed by atoms with Crippen molar-refractivity contribution in [2.45, 2.75) is 10.1 Å². The van der Waals surface area contributed by atoms with Gasteiger partial charge >= 0.3 is 12.0 Å². The average molecular weight is 367 g/mol. The van der Waals surface area contributed by atoms with E-state index in [9.17, 15) is 8.42 Å². The molecule has 2 aromatic rings. The first-order chi connectivity index (χ1) is 11.4. The summed E-state index contributed by atoms with van der Waals surface area (Å²) in [6.07, 6.45) is 0. The van der Waals surface area contributed by atoms with Gasteiger partial charge in [-0.15, -0.1) is 9.38 Å². The van der Waals surface area contributed by atoms with Gasteiger partial charge < -0.3 is 9.47 Å². The van der Waals surface area contributed by atoms with Crippen LogP contribution in [0.25, 0.3) is 0 Å². The first-order valence-corrected chi connectivity index (χ1v) is 8.86. The molecular formula is C13H13N5O4S2. The van der Waals surface area contributed by atoms with Crippen molar-refractivity contribution in [2.75, 3.05) is 21.3 Å². The number of ether oxygens (including phenoxy) is 2. The van der Waals surface area contributed by atoms with Gasteiger partial charge in [0.1, 0.15) is 4.90 Å². The largest absolute Gasteiger partial charge is 0.467 e. The molecule has 0 unspecified atom stereocenters. The fraction of sp³-hybridized carbons (Fsp3) is 0.231. The van der Waals surface area contributed by atoms with Gasteiger partial charge in [-0.2, -0.15) is 18.4 Å². The lowest BCUT2D eigenvalue weighted by atomic mass is 10.2. The van der Waals surface area contributed by atoms with Crippen LogP contribution in [-0.4, -0.2) is 54.8 Å². The first kappa shape index (κ1) is 16.5. The molecule has 1 aromatic heterocycles. The number of fused-ring (bicyclic) bond motifs is 1. The number of amidine groups is 1. The van der Waals surface area contributed by atoms with Crippen LogP contribution >= 0.6 is 11.9 Å². The molecule has 24 heavy (non-hydrogen) atoms. The average Bonchev–Trinajstić information content (AvgIpc) is 2.86. The molecule has 0 amide bonds. The number of nitrogens with zero attached hydrogens (tertiary/aromatic N) is 5. The van der Waals surface area contributed by atoms with E-state index >= 15 is 0 Å². The van der Waals surface area contributed by atoms with Crippen LogP contribution in [0.3, 0.4) is 0 Å².